The van der Waals surface area contributed by atoms with Crippen LogP contribution in [0.1, 0.15) is 39.0 Å². The Balaban J connectivity index is 2.23. The summed E-state index contributed by atoms with van der Waals surface area (Å²) in [5.41, 5.74) is -0.0381. The predicted octanol–water partition coefficient (Wildman–Crippen LogP) is 1.15. The second-order valence-electron chi connectivity index (χ2n) is 6.42. The van der Waals surface area contributed by atoms with E-state index in [1.807, 2.05) is 0 Å². The van der Waals surface area contributed by atoms with Crippen molar-refractivity contribution in [1.29, 1.82) is 0 Å². The number of rotatable bonds is 11. The Hall–Kier alpha value is -0.160. The highest BCUT2D eigenvalue weighted by Crippen LogP contribution is 2.26. The molecule has 1 unspecified atom stereocenters. The minimum atomic E-state index is -0.0381. The molecule has 1 fully saturated rings. The standard InChI is InChI=1S/C15H33N3O/c1-5-15(13-19,16-14-7-8-14)9-6-10-18(4)12-11-17(2)3/h14,16,19H,5-13H2,1-4H3. The summed E-state index contributed by atoms with van der Waals surface area (Å²) in [6, 6.07) is 0.665. The monoisotopic (exact) mass is 271 g/mol. The van der Waals surface area contributed by atoms with Gasteiger partial charge in [0.1, 0.15) is 0 Å². The third-order valence-corrected chi connectivity index (χ3v) is 4.19. The van der Waals surface area contributed by atoms with Crippen molar-refractivity contribution in [1.82, 2.24) is 15.1 Å². The van der Waals surface area contributed by atoms with Gasteiger partial charge < -0.3 is 20.2 Å². The summed E-state index contributed by atoms with van der Waals surface area (Å²) < 4.78 is 0. The maximum atomic E-state index is 9.71. The van der Waals surface area contributed by atoms with E-state index in [-0.39, 0.29) is 12.1 Å². The molecule has 0 spiro atoms. The molecule has 1 rings (SSSR count). The maximum Gasteiger partial charge on any atom is 0.0613 e. The van der Waals surface area contributed by atoms with Gasteiger partial charge in [0.15, 0.2) is 0 Å². The zero-order valence-corrected chi connectivity index (χ0v) is 13.3. The van der Waals surface area contributed by atoms with Crippen LogP contribution < -0.4 is 5.32 Å². The van der Waals surface area contributed by atoms with Gasteiger partial charge in [-0.25, -0.2) is 0 Å². The Morgan fingerprint density at radius 2 is 1.84 bits per heavy atom. The van der Waals surface area contributed by atoms with Gasteiger partial charge in [-0.05, 0) is 59.8 Å². The number of aliphatic hydroxyl groups excluding tert-OH is 1. The number of nitrogens with one attached hydrogen (secondary N) is 1. The van der Waals surface area contributed by atoms with Crippen molar-refractivity contribution < 1.29 is 5.11 Å². The highest BCUT2D eigenvalue weighted by molar-refractivity contribution is 4.94. The van der Waals surface area contributed by atoms with Gasteiger partial charge in [-0.3, -0.25) is 0 Å². The first-order valence-electron chi connectivity index (χ1n) is 7.73. The normalized spacial score (nSPS) is 19.1. The summed E-state index contributed by atoms with van der Waals surface area (Å²) in [6.45, 7) is 5.78. The van der Waals surface area contributed by atoms with Crippen LogP contribution in [-0.2, 0) is 0 Å². The molecule has 1 atom stereocenters. The Labute approximate surface area is 119 Å². The molecule has 1 aliphatic carbocycles. The Morgan fingerprint density at radius 1 is 1.16 bits per heavy atom. The molecule has 0 bridgehead atoms. The van der Waals surface area contributed by atoms with Crippen LogP contribution >= 0.6 is 0 Å². The topological polar surface area (TPSA) is 38.7 Å². The number of likely N-dealkylation sites (N-methyl/N-ethyl adjacent to an activating group) is 2. The van der Waals surface area contributed by atoms with Crippen LogP contribution in [0, 0.1) is 0 Å². The van der Waals surface area contributed by atoms with Crippen molar-refractivity contribution in [3.8, 4) is 0 Å². The quantitative estimate of drug-likeness (QED) is 0.591. The molecule has 19 heavy (non-hydrogen) atoms. The van der Waals surface area contributed by atoms with E-state index in [9.17, 15) is 5.11 Å². The molecule has 0 radical (unpaired) electrons. The molecule has 4 nitrogen and oxygen atoms in total. The molecule has 0 amide bonds. The molecule has 1 saturated carbocycles. The SMILES string of the molecule is CCC(CO)(CCCN(C)CCN(C)C)NC1CC1. The van der Waals surface area contributed by atoms with E-state index in [1.165, 1.54) is 12.8 Å². The van der Waals surface area contributed by atoms with Crippen LogP contribution in [0.5, 0.6) is 0 Å². The second-order valence-corrected chi connectivity index (χ2v) is 6.42. The molecule has 0 heterocycles. The summed E-state index contributed by atoms with van der Waals surface area (Å²) in [4.78, 5) is 4.60. The van der Waals surface area contributed by atoms with E-state index in [1.54, 1.807) is 0 Å². The Bertz CT molecular complexity index is 238. The van der Waals surface area contributed by atoms with Gasteiger partial charge >= 0.3 is 0 Å². The van der Waals surface area contributed by atoms with Crippen LogP contribution in [0.4, 0.5) is 0 Å². The molecule has 0 aromatic rings. The summed E-state index contributed by atoms with van der Waals surface area (Å²) >= 11 is 0. The van der Waals surface area contributed by atoms with Gasteiger partial charge in [-0.15, -0.1) is 0 Å². The summed E-state index contributed by atoms with van der Waals surface area (Å²) in [7, 11) is 6.41. The van der Waals surface area contributed by atoms with E-state index in [0.29, 0.717) is 6.04 Å². The molecule has 2 N–H and O–H groups in total. The van der Waals surface area contributed by atoms with Gasteiger partial charge in [0.05, 0.1) is 6.61 Å². The second kappa shape index (κ2) is 8.20. The van der Waals surface area contributed by atoms with Crippen molar-refractivity contribution in [2.75, 3.05) is 47.4 Å². The fraction of sp³-hybridized carbons (Fsp3) is 1.00. The first-order chi connectivity index (χ1) is 9.01. The minimum absolute atomic E-state index is 0.0381. The highest BCUT2D eigenvalue weighted by Gasteiger charge is 2.33. The molecule has 114 valence electrons. The van der Waals surface area contributed by atoms with Gasteiger partial charge in [0.2, 0.25) is 0 Å². The number of aliphatic hydroxyl groups is 1. The van der Waals surface area contributed by atoms with E-state index >= 15 is 0 Å². The predicted molar refractivity (Wildman–Crippen MR) is 81.6 cm³/mol. The third kappa shape index (κ3) is 6.70. The van der Waals surface area contributed by atoms with Crippen molar-refractivity contribution in [3.05, 3.63) is 0 Å². The first-order valence-corrected chi connectivity index (χ1v) is 7.73. The largest absolute Gasteiger partial charge is 0.394 e. The lowest BCUT2D eigenvalue weighted by Crippen LogP contribution is -2.49. The van der Waals surface area contributed by atoms with E-state index in [4.69, 9.17) is 0 Å². The van der Waals surface area contributed by atoms with Crippen molar-refractivity contribution >= 4 is 0 Å². The van der Waals surface area contributed by atoms with Crippen molar-refractivity contribution in [3.63, 3.8) is 0 Å². The molecule has 0 aliphatic heterocycles. The fourth-order valence-electron chi connectivity index (χ4n) is 2.42. The Kier molecular flexibility index (Phi) is 7.29. The summed E-state index contributed by atoms with van der Waals surface area (Å²) in [5, 5.41) is 13.4. The van der Waals surface area contributed by atoms with Crippen LogP contribution in [0.15, 0.2) is 0 Å². The first kappa shape index (κ1) is 16.9. The molecule has 1 aliphatic rings. The number of nitrogens with zero attached hydrogens (tertiary/aromatic N) is 2. The lowest BCUT2D eigenvalue weighted by atomic mass is 9.91. The lowest BCUT2D eigenvalue weighted by molar-refractivity contribution is 0.137. The van der Waals surface area contributed by atoms with Gasteiger partial charge in [0, 0.05) is 24.7 Å². The van der Waals surface area contributed by atoms with Crippen molar-refractivity contribution in [2.24, 2.45) is 0 Å². The zero-order chi connectivity index (χ0) is 14.3. The molecule has 0 saturated heterocycles. The minimum Gasteiger partial charge on any atom is -0.394 e. The molecular formula is C15H33N3O. The average molecular weight is 271 g/mol. The van der Waals surface area contributed by atoms with Gasteiger partial charge in [-0.2, -0.15) is 0 Å². The number of hydrogen-bond acceptors (Lipinski definition) is 4. The van der Waals surface area contributed by atoms with Gasteiger partial charge in [0.25, 0.3) is 0 Å². The average Bonchev–Trinajstić information content (AvgIpc) is 3.19. The maximum absolute atomic E-state index is 9.71. The van der Waals surface area contributed by atoms with Gasteiger partial charge in [-0.1, -0.05) is 6.92 Å². The molecule has 0 aromatic heterocycles. The van der Waals surface area contributed by atoms with E-state index in [2.05, 4.69) is 43.2 Å². The molecular weight excluding hydrogens is 238 g/mol. The summed E-state index contributed by atoms with van der Waals surface area (Å²) in [6.07, 6.45) is 5.80. The third-order valence-electron chi connectivity index (χ3n) is 4.19. The highest BCUT2D eigenvalue weighted by atomic mass is 16.3. The molecule has 4 heteroatoms. The summed E-state index contributed by atoms with van der Waals surface area (Å²) in [5.74, 6) is 0. The molecule has 0 aromatic carbocycles. The smallest absolute Gasteiger partial charge is 0.0613 e. The Morgan fingerprint density at radius 3 is 2.32 bits per heavy atom. The van der Waals surface area contributed by atoms with E-state index in [0.717, 1.165) is 38.9 Å². The van der Waals surface area contributed by atoms with Crippen LogP contribution in [0.25, 0.3) is 0 Å². The number of hydrogen-bond donors (Lipinski definition) is 2. The van der Waals surface area contributed by atoms with Crippen LogP contribution in [-0.4, -0.2) is 73.9 Å². The van der Waals surface area contributed by atoms with E-state index < -0.39 is 0 Å². The fourth-order valence-corrected chi connectivity index (χ4v) is 2.42. The zero-order valence-electron chi connectivity index (χ0n) is 13.3. The lowest BCUT2D eigenvalue weighted by Gasteiger charge is -2.33. The van der Waals surface area contributed by atoms with Crippen molar-refractivity contribution in [2.45, 2.75) is 50.6 Å². The van der Waals surface area contributed by atoms with Crippen LogP contribution in [0.3, 0.4) is 0 Å². The van der Waals surface area contributed by atoms with Crippen LogP contribution in [0.2, 0.25) is 0 Å².